The van der Waals surface area contributed by atoms with E-state index in [1.54, 1.807) is 11.3 Å². The van der Waals surface area contributed by atoms with Gasteiger partial charge in [-0.1, -0.05) is 18.5 Å². The van der Waals surface area contributed by atoms with Crippen LogP contribution in [0.1, 0.15) is 30.4 Å². The minimum absolute atomic E-state index is 0.0841. The first kappa shape index (κ1) is 14.3. The van der Waals surface area contributed by atoms with Crippen LogP contribution in [-0.2, 0) is 0 Å². The number of aliphatic hydroxyl groups is 1. The molecule has 0 aliphatic rings. The van der Waals surface area contributed by atoms with Crippen molar-refractivity contribution in [3.8, 4) is 0 Å². The Balaban J connectivity index is 2.68. The molecule has 3 N–H and O–H groups in total. The monoisotopic (exact) mass is 279 g/mol. The van der Waals surface area contributed by atoms with Crippen LogP contribution < -0.4 is 5.73 Å². The van der Waals surface area contributed by atoms with Crippen molar-refractivity contribution in [2.75, 3.05) is 6.61 Å². The molecule has 1 aromatic rings. The lowest BCUT2D eigenvalue weighted by atomic mass is 10.2. The van der Waals surface area contributed by atoms with Gasteiger partial charge in [0, 0.05) is 22.8 Å². The third-order valence-electron chi connectivity index (χ3n) is 2.27. The smallest absolute Gasteiger partial charge is 0.0931 e. The lowest BCUT2D eigenvalue weighted by Crippen LogP contribution is -2.23. The van der Waals surface area contributed by atoms with Crippen molar-refractivity contribution in [3.05, 3.63) is 21.3 Å². The molecular weight excluding hydrogens is 262 g/mol. The highest BCUT2D eigenvalue weighted by Gasteiger charge is 2.21. The number of hydrogen-bond donors (Lipinski definition) is 2. The number of hydrogen-bond acceptors (Lipinski definition) is 4. The highest BCUT2D eigenvalue weighted by atomic mass is 35.5. The predicted octanol–water partition coefficient (Wildman–Crippen LogP) is 3.29. The van der Waals surface area contributed by atoms with E-state index in [0.29, 0.717) is 5.25 Å². The van der Waals surface area contributed by atoms with E-state index >= 15 is 0 Å². The molecule has 1 heterocycles. The summed E-state index contributed by atoms with van der Waals surface area (Å²) >= 11 is 9.33. The Kier molecular flexibility index (Phi) is 6.15. The van der Waals surface area contributed by atoms with Gasteiger partial charge >= 0.3 is 0 Å². The number of thioether (sulfide) groups is 1. The van der Waals surface area contributed by atoms with Crippen molar-refractivity contribution in [2.24, 2.45) is 5.73 Å². The summed E-state index contributed by atoms with van der Waals surface area (Å²) < 4.78 is 0.802. The molecular formula is C11H18ClNOS2. The highest BCUT2D eigenvalue weighted by Crippen LogP contribution is 2.39. The molecule has 1 aromatic heterocycles. The molecule has 2 nitrogen and oxygen atoms in total. The number of aliphatic hydroxyl groups excluding tert-OH is 1. The van der Waals surface area contributed by atoms with Gasteiger partial charge in [0.2, 0.25) is 0 Å². The van der Waals surface area contributed by atoms with Gasteiger partial charge in [0.05, 0.1) is 9.59 Å². The Morgan fingerprint density at radius 1 is 1.50 bits per heavy atom. The maximum atomic E-state index is 8.90. The van der Waals surface area contributed by atoms with Crippen molar-refractivity contribution in [1.82, 2.24) is 0 Å². The lowest BCUT2D eigenvalue weighted by molar-refractivity contribution is 0.288. The Morgan fingerprint density at radius 2 is 2.19 bits per heavy atom. The first-order chi connectivity index (χ1) is 7.54. The Labute approximate surface area is 110 Å². The second-order valence-corrected chi connectivity index (χ2v) is 7.21. The van der Waals surface area contributed by atoms with Crippen LogP contribution in [0.25, 0.3) is 0 Å². The van der Waals surface area contributed by atoms with Crippen LogP contribution in [0.3, 0.4) is 0 Å². The van der Waals surface area contributed by atoms with Gasteiger partial charge < -0.3 is 10.8 Å². The fourth-order valence-electron chi connectivity index (χ4n) is 1.43. The highest BCUT2D eigenvalue weighted by molar-refractivity contribution is 8.00. The number of nitrogens with two attached hydrogens (primary N) is 1. The van der Waals surface area contributed by atoms with E-state index in [1.807, 2.05) is 30.8 Å². The van der Waals surface area contributed by atoms with Crippen molar-refractivity contribution in [2.45, 2.75) is 36.8 Å². The molecule has 5 heteroatoms. The Morgan fingerprint density at radius 3 is 2.62 bits per heavy atom. The van der Waals surface area contributed by atoms with Crippen LogP contribution in [-0.4, -0.2) is 23.0 Å². The summed E-state index contributed by atoms with van der Waals surface area (Å²) in [6, 6.07) is 4.04. The average Bonchev–Trinajstić information content (AvgIpc) is 2.61. The zero-order valence-electron chi connectivity index (χ0n) is 9.52. The third kappa shape index (κ3) is 4.26. The fourth-order valence-corrected chi connectivity index (χ4v) is 4.10. The van der Waals surface area contributed by atoms with Crippen molar-refractivity contribution < 1.29 is 5.11 Å². The first-order valence-electron chi connectivity index (χ1n) is 5.31. The summed E-state index contributed by atoms with van der Waals surface area (Å²) in [6.07, 6.45) is 0.799. The van der Waals surface area contributed by atoms with E-state index in [0.717, 1.165) is 10.8 Å². The van der Waals surface area contributed by atoms with Crippen LogP contribution in [0.5, 0.6) is 0 Å². The van der Waals surface area contributed by atoms with Gasteiger partial charge in [0.15, 0.2) is 0 Å². The third-order valence-corrected chi connectivity index (χ3v) is 5.41. The summed E-state index contributed by atoms with van der Waals surface area (Å²) in [7, 11) is 0. The van der Waals surface area contributed by atoms with Gasteiger partial charge in [0.1, 0.15) is 0 Å². The molecule has 0 spiro atoms. The zero-order valence-corrected chi connectivity index (χ0v) is 11.9. The van der Waals surface area contributed by atoms with Crippen molar-refractivity contribution >= 4 is 34.7 Å². The van der Waals surface area contributed by atoms with Gasteiger partial charge in [-0.25, -0.2) is 0 Å². The van der Waals surface area contributed by atoms with Gasteiger partial charge in [-0.3, -0.25) is 0 Å². The first-order valence-corrected chi connectivity index (χ1v) is 7.45. The van der Waals surface area contributed by atoms with Crippen LogP contribution in [0, 0.1) is 0 Å². The summed E-state index contributed by atoms with van der Waals surface area (Å²) in [5.74, 6) is 0. The normalized spacial score (nSPS) is 17.1. The van der Waals surface area contributed by atoms with Crippen LogP contribution >= 0.6 is 34.7 Å². The van der Waals surface area contributed by atoms with E-state index in [2.05, 4.69) is 6.92 Å². The molecule has 0 saturated heterocycles. The van der Waals surface area contributed by atoms with Crippen LogP contribution in [0.2, 0.25) is 4.34 Å². The molecule has 0 fully saturated rings. The minimum Gasteiger partial charge on any atom is -0.396 e. The summed E-state index contributed by atoms with van der Waals surface area (Å²) in [5, 5.41) is 9.57. The molecule has 16 heavy (non-hydrogen) atoms. The Bertz CT molecular complexity index is 317. The minimum atomic E-state index is 0.0841. The molecule has 92 valence electrons. The zero-order chi connectivity index (χ0) is 12.1. The molecule has 0 aliphatic heterocycles. The number of thiophene rings is 1. The molecule has 0 aliphatic carbocycles. The Hall–Kier alpha value is 0.260. The van der Waals surface area contributed by atoms with Gasteiger partial charge in [-0.2, -0.15) is 0 Å². The number of rotatable bonds is 6. The molecule has 0 saturated carbocycles. The molecule has 0 bridgehead atoms. The molecule has 0 amide bonds. The molecule has 1 rings (SSSR count). The van der Waals surface area contributed by atoms with Gasteiger partial charge in [-0.15, -0.1) is 23.1 Å². The van der Waals surface area contributed by atoms with E-state index in [9.17, 15) is 0 Å². The van der Waals surface area contributed by atoms with Crippen molar-refractivity contribution in [3.63, 3.8) is 0 Å². The van der Waals surface area contributed by atoms with Gasteiger partial charge in [-0.05, 0) is 25.5 Å². The molecule has 0 radical (unpaired) electrons. The summed E-state index contributed by atoms with van der Waals surface area (Å²) in [5.41, 5.74) is 6.00. The lowest BCUT2D eigenvalue weighted by Gasteiger charge is -2.22. The quantitative estimate of drug-likeness (QED) is 0.840. The summed E-state index contributed by atoms with van der Waals surface area (Å²) in [6.45, 7) is 4.35. The maximum Gasteiger partial charge on any atom is 0.0931 e. The maximum absolute atomic E-state index is 8.90. The standard InChI is InChI=1S/C11H18ClNOS2/c1-7(5-6-14)15-11(8(2)13)9-3-4-10(12)16-9/h3-4,7-8,11,14H,5-6,13H2,1-2H3. The molecule has 0 aromatic carbocycles. The molecule has 3 atom stereocenters. The molecule has 3 unspecified atom stereocenters. The van der Waals surface area contributed by atoms with E-state index in [-0.39, 0.29) is 17.9 Å². The second kappa shape index (κ2) is 6.87. The van der Waals surface area contributed by atoms with Crippen molar-refractivity contribution in [1.29, 1.82) is 0 Å². The van der Waals surface area contributed by atoms with E-state index in [4.69, 9.17) is 22.4 Å². The average molecular weight is 280 g/mol. The van der Waals surface area contributed by atoms with E-state index < -0.39 is 0 Å². The second-order valence-electron chi connectivity index (χ2n) is 3.88. The largest absolute Gasteiger partial charge is 0.396 e. The van der Waals surface area contributed by atoms with E-state index in [1.165, 1.54) is 4.88 Å². The predicted molar refractivity (Wildman–Crippen MR) is 74.5 cm³/mol. The number of halogens is 1. The SMILES string of the molecule is CC(CCO)SC(c1ccc(Cl)s1)C(C)N. The summed E-state index contributed by atoms with van der Waals surface area (Å²) in [4.78, 5) is 1.22. The van der Waals surface area contributed by atoms with Crippen LogP contribution in [0.4, 0.5) is 0 Å². The van der Waals surface area contributed by atoms with Gasteiger partial charge in [0.25, 0.3) is 0 Å². The fraction of sp³-hybridized carbons (Fsp3) is 0.636. The van der Waals surface area contributed by atoms with Crippen LogP contribution in [0.15, 0.2) is 12.1 Å². The topological polar surface area (TPSA) is 46.2 Å².